The zero-order valence-electron chi connectivity index (χ0n) is 26.3. The van der Waals surface area contributed by atoms with E-state index in [0.29, 0.717) is 35.3 Å². The average molecular weight is 596 g/mol. The second-order valence-corrected chi connectivity index (χ2v) is 13.9. The van der Waals surface area contributed by atoms with Gasteiger partial charge >= 0.3 is 6.09 Å². The van der Waals surface area contributed by atoms with E-state index in [1.54, 1.807) is 13.3 Å². The molecular formula is C36H41N3O5. The van der Waals surface area contributed by atoms with Gasteiger partial charge < -0.3 is 23.4 Å². The van der Waals surface area contributed by atoms with Crippen LogP contribution in [0.5, 0.6) is 5.75 Å². The number of aromatic nitrogens is 1. The molecule has 3 fully saturated rings. The van der Waals surface area contributed by atoms with Crippen molar-refractivity contribution < 1.29 is 23.5 Å². The highest BCUT2D eigenvalue weighted by molar-refractivity contribution is 6.02. The van der Waals surface area contributed by atoms with Gasteiger partial charge in [-0.25, -0.2) is 4.79 Å². The summed E-state index contributed by atoms with van der Waals surface area (Å²) >= 11 is 0. The minimum absolute atomic E-state index is 0.00967. The third-order valence-electron chi connectivity index (χ3n) is 9.52. The molecule has 230 valence electrons. The molecule has 2 aromatic carbocycles. The Morgan fingerprint density at radius 1 is 1.09 bits per heavy atom. The van der Waals surface area contributed by atoms with Crippen molar-refractivity contribution >= 4 is 40.1 Å². The van der Waals surface area contributed by atoms with Crippen molar-refractivity contribution in [1.29, 1.82) is 0 Å². The summed E-state index contributed by atoms with van der Waals surface area (Å²) in [6, 6.07) is 14.4. The van der Waals surface area contributed by atoms with E-state index >= 15 is 0 Å². The van der Waals surface area contributed by atoms with Crippen molar-refractivity contribution in [2.24, 2.45) is 22.7 Å². The van der Waals surface area contributed by atoms with Crippen LogP contribution < -0.4 is 4.74 Å². The van der Waals surface area contributed by atoms with Crippen LogP contribution in [0.15, 0.2) is 51.9 Å². The second-order valence-electron chi connectivity index (χ2n) is 13.9. The lowest BCUT2D eigenvalue weighted by Gasteiger charge is -2.35. The second kappa shape index (κ2) is 10.8. The third kappa shape index (κ3) is 5.29. The van der Waals surface area contributed by atoms with Crippen molar-refractivity contribution in [1.82, 2.24) is 9.47 Å². The first-order valence-corrected chi connectivity index (χ1v) is 15.9. The van der Waals surface area contributed by atoms with E-state index < -0.39 is 11.7 Å². The number of nitrogens with zero attached hydrogens (tertiary/aromatic N) is 3. The van der Waals surface area contributed by atoms with Gasteiger partial charge in [0.1, 0.15) is 16.9 Å². The van der Waals surface area contributed by atoms with Gasteiger partial charge in [-0.3, -0.25) is 4.79 Å². The quantitative estimate of drug-likeness (QED) is 0.211. The van der Waals surface area contributed by atoms with E-state index in [-0.39, 0.29) is 17.9 Å². The maximum absolute atomic E-state index is 14.1. The topological polar surface area (TPSA) is 86.3 Å². The molecule has 4 aromatic rings. The Kier molecular flexibility index (Phi) is 7.06. The van der Waals surface area contributed by atoms with Gasteiger partial charge in [-0.2, -0.15) is 4.99 Å². The number of hydrogen-bond donors (Lipinski definition) is 0. The smallest absolute Gasteiger partial charge is 0.433 e. The molecule has 3 atom stereocenters. The Morgan fingerprint density at radius 2 is 1.89 bits per heavy atom. The number of ether oxygens (including phenoxy) is 2. The Balaban J connectivity index is 1.22. The fourth-order valence-electron chi connectivity index (χ4n) is 7.28. The first-order valence-electron chi connectivity index (χ1n) is 15.9. The number of rotatable bonds is 6. The number of benzene rings is 2. The molecule has 2 unspecified atom stereocenters. The maximum Gasteiger partial charge on any atom is 0.433 e. The lowest BCUT2D eigenvalue weighted by molar-refractivity contribution is 0.0603. The summed E-state index contributed by atoms with van der Waals surface area (Å²) in [5.41, 5.74) is 3.86. The molecule has 2 saturated carbocycles. The standard InChI is InChI=1S/C36H41N3O5/c1-21-32-30(42-5)17-25(34(40)38-13-12-23-14-26(28(38)15-23)19-37-35(41)44-36(2,3)4)18-31(32)43-33(21)29-16-24-8-6-7-9-27(24)39(29)20-22-10-11-22/h6-9,16-19,22-23,26,28H,10-15,20H2,1-5H3/t23?,26-,28?/m0/s1. The molecule has 2 amide bonds. The summed E-state index contributed by atoms with van der Waals surface area (Å²) < 4.78 is 20.3. The van der Waals surface area contributed by atoms with Crippen LogP contribution in [-0.2, 0) is 11.3 Å². The van der Waals surface area contributed by atoms with Crippen LogP contribution in [0.3, 0.4) is 0 Å². The number of carbonyl (C=O) groups is 2. The Bertz CT molecular complexity index is 1790. The molecule has 2 bridgehead atoms. The Labute approximate surface area is 258 Å². The number of fused-ring (bicyclic) bond motifs is 4. The molecule has 7 rings (SSSR count). The highest BCUT2D eigenvalue weighted by atomic mass is 16.6. The molecule has 0 N–H and O–H groups in total. The van der Waals surface area contributed by atoms with Crippen LogP contribution in [0.4, 0.5) is 4.79 Å². The lowest BCUT2D eigenvalue weighted by atomic mass is 9.97. The number of carbonyl (C=O) groups excluding carboxylic acids is 2. The van der Waals surface area contributed by atoms with E-state index in [9.17, 15) is 9.59 Å². The summed E-state index contributed by atoms with van der Waals surface area (Å²) in [7, 11) is 1.64. The number of aliphatic imine (C=N–C) groups is 1. The molecule has 2 aliphatic carbocycles. The summed E-state index contributed by atoms with van der Waals surface area (Å²) in [5.74, 6) is 2.63. The molecule has 1 aliphatic heterocycles. The molecule has 0 radical (unpaired) electrons. The monoisotopic (exact) mass is 595 g/mol. The zero-order chi connectivity index (χ0) is 30.7. The van der Waals surface area contributed by atoms with Gasteiger partial charge in [0.25, 0.3) is 5.91 Å². The maximum atomic E-state index is 14.1. The minimum Gasteiger partial charge on any atom is -0.496 e. The zero-order valence-corrected chi connectivity index (χ0v) is 26.3. The SMILES string of the molecule is COc1cc(C(=O)N2CCC3CC2[C@H](C=NC(=O)OC(C)(C)C)C3)cc2oc(-c3cc4ccccc4n3CC3CC3)c(C)c12. The third-order valence-corrected chi connectivity index (χ3v) is 9.52. The average Bonchev–Trinajstić information content (AvgIpc) is 3.55. The fourth-order valence-corrected chi connectivity index (χ4v) is 7.28. The molecular weight excluding hydrogens is 554 g/mol. The van der Waals surface area contributed by atoms with Gasteiger partial charge in [-0.05, 0) is 95.9 Å². The number of aryl methyl sites for hydroxylation is 1. The minimum atomic E-state index is -0.600. The van der Waals surface area contributed by atoms with Gasteiger partial charge in [-0.1, -0.05) is 18.2 Å². The van der Waals surface area contributed by atoms with Gasteiger partial charge in [0.15, 0.2) is 5.76 Å². The summed E-state index contributed by atoms with van der Waals surface area (Å²) in [5, 5.41) is 2.08. The molecule has 3 heterocycles. The van der Waals surface area contributed by atoms with Crippen LogP contribution in [0, 0.1) is 24.7 Å². The number of furan rings is 1. The van der Waals surface area contributed by atoms with Crippen molar-refractivity contribution in [3.05, 3.63) is 53.6 Å². The molecule has 3 aliphatic rings. The Morgan fingerprint density at radius 3 is 2.64 bits per heavy atom. The first-order chi connectivity index (χ1) is 21.1. The normalized spacial score (nSPS) is 21.9. The van der Waals surface area contributed by atoms with Gasteiger partial charge in [0, 0.05) is 53.3 Å². The van der Waals surface area contributed by atoms with Crippen LogP contribution in [0.1, 0.15) is 68.8 Å². The van der Waals surface area contributed by atoms with Gasteiger partial charge in [-0.15, -0.1) is 0 Å². The largest absolute Gasteiger partial charge is 0.496 e. The molecule has 0 spiro atoms. The predicted octanol–water partition coefficient (Wildman–Crippen LogP) is 8.03. The van der Waals surface area contributed by atoms with Crippen molar-refractivity contribution in [2.45, 2.75) is 78.0 Å². The number of piperidine rings is 1. The number of amides is 2. The number of hydrogen-bond acceptors (Lipinski definition) is 5. The molecule has 2 aromatic heterocycles. The number of para-hydroxylation sites is 1. The van der Waals surface area contributed by atoms with Crippen molar-refractivity contribution in [3.8, 4) is 17.2 Å². The predicted molar refractivity (Wildman–Crippen MR) is 172 cm³/mol. The van der Waals surface area contributed by atoms with Gasteiger partial charge in [0.2, 0.25) is 0 Å². The Hall–Kier alpha value is -4.07. The van der Waals surface area contributed by atoms with Gasteiger partial charge in [0.05, 0.1) is 18.2 Å². The molecule has 8 heteroatoms. The lowest BCUT2D eigenvalue weighted by Crippen LogP contribution is -2.45. The summed E-state index contributed by atoms with van der Waals surface area (Å²) in [6.07, 6.45) is 6.40. The summed E-state index contributed by atoms with van der Waals surface area (Å²) in [4.78, 5) is 32.5. The molecule has 44 heavy (non-hydrogen) atoms. The van der Waals surface area contributed by atoms with Crippen molar-refractivity contribution in [2.75, 3.05) is 13.7 Å². The molecule has 8 nitrogen and oxygen atoms in total. The van der Waals surface area contributed by atoms with Crippen molar-refractivity contribution in [3.63, 3.8) is 0 Å². The van der Waals surface area contributed by atoms with Crippen LogP contribution >= 0.6 is 0 Å². The fraction of sp³-hybridized carbons (Fsp3) is 0.472. The van der Waals surface area contributed by atoms with E-state index in [2.05, 4.69) is 46.8 Å². The first kappa shape index (κ1) is 28.7. The molecule has 1 saturated heterocycles. The number of methoxy groups -OCH3 is 1. The van der Waals surface area contributed by atoms with E-state index in [0.717, 1.165) is 48.2 Å². The van der Waals surface area contributed by atoms with E-state index in [4.69, 9.17) is 13.9 Å². The van der Waals surface area contributed by atoms with Crippen LogP contribution in [0.25, 0.3) is 33.3 Å². The highest BCUT2D eigenvalue weighted by Crippen LogP contribution is 2.44. The summed E-state index contributed by atoms with van der Waals surface area (Å²) in [6.45, 7) is 9.19. The highest BCUT2D eigenvalue weighted by Gasteiger charge is 2.43. The van der Waals surface area contributed by atoms with Crippen LogP contribution in [0.2, 0.25) is 0 Å². The van der Waals surface area contributed by atoms with E-state index in [1.807, 2.05) is 37.8 Å². The van der Waals surface area contributed by atoms with Crippen LogP contribution in [-0.4, -0.2) is 53.0 Å². The number of likely N-dealkylation sites (tertiary alicyclic amines) is 1. The van der Waals surface area contributed by atoms with E-state index in [1.165, 1.54) is 23.7 Å².